The Morgan fingerprint density at radius 1 is 1.10 bits per heavy atom. The fourth-order valence-corrected chi connectivity index (χ4v) is 3.36. The van der Waals surface area contributed by atoms with Crippen LogP contribution in [0.1, 0.15) is 21.5 Å². The van der Waals surface area contributed by atoms with Crippen LogP contribution in [0.5, 0.6) is 0 Å². The highest BCUT2D eigenvalue weighted by molar-refractivity contribution is 6.31. The van der Waals surface area contributed by atoms with Crippen molar-refractivity contribution < 1.29 is 14.3 Å². The van der Waals surface area contributed by atoms with Gasteiger partial charge in [0.05, 0.1) is 16.9 Å². The summed E-state index contributed by atoms with van der Waals surface area (Å²) >= 11 is 6.22. The number of carbonyl (C=O) groups is 1. The van der Waals surface area contributed by atoms with Gasteiger partial charge in [-0.1, -0.05) is 17.7 Å². The molecule has 4 aromatic rings. The number of aromatic nitrogens is 2. The van der Waals surface area contributed by atoms with Gasteiger partial charge in [0, 0.05) is 34.6 Å². The highest BCUT2D eigenvalue weighted by Crippen LogP contribution is 2.26. The third kappa shape index (κ3) is 4.59. The Bertz CT molecular complexity index is 1230. The minimum atomic E-state index is -0.985. The first-order valence-corrected chi connectivity index (χ1v) is 9.97. The fraction of sp³-hybridized carbons (Fsp3) is 0.0833. The predicted octanol–water partition coefficient (Wildman–Crippen LogP) is 5.95. The lowest BCUT2D eigenvalue weighted by atomic mass is 10.1. The Hall–Kier alpha value is -3.64. The molecule has 31 heavy (non-hydrogen) atoms. The molecule has 0 unspecified atom stereocenters. The van der Waals surface area contributed by atoms with E-state index in [0.29, 0.717) is 17.3 Å². The molecule has 0 aliphatic heterocycles. The van der Waals surface area contributed by atoms with Crippen molar-refractivity contribution in [3.63, 3.8) is 0 Å². The maximum atomic E-state index is 13.4. The van der Waals surface area contributed by atoms with Crippen LogP contribution >= 0.6 is 11.6 Å². The summed E-state index contributed by atoms with van der Waals surface area (Å²) in [5.41, 5.74) is 5.17. The molecule has 7 heteroatoms. The number of halogens is 2. The Labute approximate surface area is 183 Å². The number of hydrogen-bond acceptors (Lipinski definition) is 3. The summed E-state index contributed by atoms with van der Waals surface area (Å²) in [7, 11) is 0. The zero-order valence-electron chi connectivity index (χ0n) is 16.6. The zero-order chi connectivity index (χ0) is 22.0. The largest absolute Gasteiger partial charge is 0.478 e. The van der Waals surface area contributed by atoms with E-state index in [1.807, 2.05) is 31.3 Å². The average Bonchev–Trinajstić information content (AvgIpc) is 3.19. The molecule has 0 radical (unpaired) electrons. The van der Waals surface area contributed by atoms with E-state index < -0.39 is 5.97 Å². The molecule has 0 amide bonds. The minimum Gasteiger partial charge on any atom is -0.478 e. The fourth-order valence-electron chi connectivity index (χ4n) is 3.18. The Morgan fingerprint density at radius 3 is 2.45 bits per heavy atom. The molecule has 0 saturated heterocycles. The summed E-state index contributed by atoms with van der Waals surface area (Å²) in [5.74, 6) is -1.30. The van der Waals surface area contributed by atoms with Crippen molar-refractivity contribution in [3.05, 3.63) is 100 Å². The normalized spacial score (nSPS) is 10.8. The van der Waals surface area contributed by atoms with Crippen LogP contribution in [0.2, 0.25) is 5.02 Å². The van der Waals surface area contributed by atoms with Crippen molar-refractivity contribution in [1.82, 2.24) is 9.78 Å². The second-order valence-electron chi connectivity index (χ2n) is 7.12. The number of nitrogens with zero attached hydrogens (tertiary/aromatic N) is 2. The van der Waals surface area contributed by atoms with E-state index in [1.165, 1.54) is 24.3 Å². The van der Waals surface area contributed by atoms with E-state index in [0.717, 1.165) is 28.1 Å². The average molecular weight is 436 g/mol. The molecule has 3 aromatic carbocycles. The van der Waals surface area contributed by atoms with Crippen molar-refractivity contribution in [2.45, 2.75) is 13.5 Å². The first kappa shape index (κ1) is 20.6. The summed E-state index contributed by atoms with van der Waals surface area (Å²) in [6.07, 6.45) is 1.87. The van der Waals surface area contributed by atoms with Gasteiger partial charge in [0.1, 0.15) is 5.82 Å². The van der Waals surface area contributed by atoms with E-state index in [-0.39, 0.29) is 11.4 Å². The third-order valence-electron chi connectivity index (χ3n) is 4.94. The lowest BCUT2D eigenvalue weighted by Crippen LogP contribution is -2.00. The van der Waals surface area contributed by atoms with Gasteiger partial charge in [-0.05, 0) is 73.2 Å². The molecule has 4 rings (SSSR count). The second kappa shape index (κ2) is 8.62. The van der Waals surface area contributed by atoms with Gasteiger partial charge in [0.15, 0.2) is 0 Å². The van der Waals surface area contributed by atoms with E-state index in [9.17, 15) is 9.18 Å². The SMILES string of the molecule is Cc1ccc(NCc2cn(-c3ccc(C(=O)O)cc3)nc2-c2ccc(F)cc2)cc1Cl. The number of aromatic carboxylic acids is 1. The number of carboxylic acids is 1. The van der Waals surface area contributed by atoms with E-state index in [1.54, 1.807) is 28.9 Å². The highest BCUT2D eigenvalue weighted by Gasteiger charge is 2.13. The number of hydrogen-bond donors (Lipinski definition) is 2. The molecule has 0 bridgehead atoms. The standard InChI is InChI=1S/C24H19ClFN3O2/c1-15-2-9-20(12-22(15)25)27-13-18-14-29(21-10-5-17(6-11-21)24(30)31)28-23(18)16-3-7-19(26)8-4-16/h2-12,14,27H,13H2,1H3,(H,30,31). The maximum absolute atomic E-state index is 13.4. The van der Waals surface area contributed by atoms with Gasteiger partial charge in [0.2, 0.25) is 0 Å². The molecule has 0 saturated carbocycles. The summed E-state index contributed by atoms with van der Waals surface area (Å²) in [5, 5.41) is 17.8. The van der Waals surface area contributed by atoms with Gasteiger partial charge in [-0.2, -0.15) is 5.10 Å². The zero-order valence-corrected chi connectivity index (χ0v) is 17.4. The van der Waals surface area contributed by atoms with Crippen LogP contribution in [0.3, 0.4) is 0 Å². The lowest BCUT2D eigenvalue weighted by molar-refractivity contribution is 0.0697. The van der Waals surface area contributed by atoms with Crippen molar-refractivity contribution in [2.24, 2.45) is 0 Å². The quantitative estimate of drug-likeness (QED) is 0.392. The van der Waals surface area contributed by atoms with E-state index in [2.05, 4.69) is 10.4 Å². The van der Waals surface area contributed by atoms with Crippen LogP contribution in [0.25, 0.3) is 16.9 Å². The van der Waals surface area contributed by atoms with Crippen molar-refractivity contribution >= 4 is 23.3 Å². The van der Waals surface area contributed by atoms with Crippen molar-refractivity contribution in [2.75, 3.05) is 5.32 Å². The molecule has 0 spiro atoms. The van der Waals surface area contributed by atoms with Gasteiger partial charge in [-0.15, -0.1) is 0 Å². The molecule has 0 aliphatic carbocycles. The molecule has 2 N–H and O–H groups in total. The summed E-state index contributed by atoms with van der Waals surface area (Å²) in [4.78, 5) is 11.1. The first-order chi connectivity index (χ1) is 14.9. The monoisotopic (exact) mass is 435 g/mol. The van der Waals surface area contributed by atoms with Crippen LogP contribution < -0.4 is 5.32 Å². The smallest absolute Gasteiger partial charge is 0.335 e. The molecule has 5 nitrogen and oxygen atoms in total. The molecular weight excluding hydrogens is 417 g/mol. The molecular formula is C24H19ClFN3O2. The number of carboxylic acid groups (broad SMARTS) is 1. The Balaban J connectivity index is 1.68. The van der Waals surface area contributed by atoms with Crippen molar-refractivity contribution in [3.8, 4) is 16.9 Å². The number of rotatable bonds is 6. The first-order valence-electron chi connectivity index (χ1n) is 9.59. The Morgan fingerprint density at radius 2 is 1.81 bits per heavy atom. The van der Waals surface area contributed by atoms with Gasteiger partial charge < -0.3 is 10.4 Å². The highest BCUT2D eigenvalue weighted by atomic mass is 35.5. The van der Waals surface area contributed by atoms with E-state index >= 15 is 0 Å². The van der Waals surface area contributed by atoms with Crippen LogP contribution in [-0.2, 0) is 6.54 Å². The van der Waals surface area contributed by atoms with Gasteiger partial charge in [-0.3, -0.25) is 0 Å². The van der Waals surface area contributed by atoms with Crippen LogP contribution in [0.4, 0.5) is 10.1 Å². The predicted molar refractivity (Wildman–Crippen MR) is 119 cm³/mol. The summed E-state index contributed by atoms with van der Waals surface area (Å²) in [6, 6.07) is 18.4. The Kier molecular flexibility index (Phi) is 5.73. The molecule has 0 fully saturated rings. The molecule has 0 aliphatic rings. The van der Waals surface area contributed by atoms with Crippen LogP contribution in [0, 0.1) is 12.7 Å². The molecule has 156 valence electrons. The maximum Gasteiger partial charge on any atom is 0.335 e. The van der Waals surface area contributed by atoms with Gasteiger partial charge in [0.25, 0.3) is 0 Å². The number of nitrogens with one attached hydrogen (secondary N) is 1. The van der Waals surface area contributed by atoms with Gasteiger partial charge in [-0.25, -0.2) is 13.9 Å². The molecule has 0 atom stereocenters. The third-order valence-corrected chi connectivity index (χ3v) is 5.35. The van der Waals surface area contributed by atoms with Crippen LogP contribution in [0.15, 0.2) is 72.9 Å². The second-order valence-corrected chi connectivity index (χ2v) is 7.53. The van der Waals surface area contributed by atoms with Crippen LogP contribution in [-0.4, -0.2) is 20.9 Å². The number of anilines is 1. The van der Waals surface area contributed by atoms with Crippen molar-refractivity contribution in [1.29, 1.82) is 0 Å². The topological polar surface area (TPSA) is 67.2 Å². The molecule has 1 heterocycles. The molecule has 1 aromatic heterocycles. The number of benzene rings is 3. The summed E-state index contributed by atoms with van der Waals surface area (Å²) < 4.78 is 15.1. The number of aryl methyl sites for hydroxylation is 1. The van der Waals surface area contributed by atoms with Gasteiger partial charge >= 0.3 is 5.97 Å². The summed E-state index contributed by atoms with van der Waals surface area (Å²) in [6.45, 7) is 2.41. The minimum absolute atomic E-state index is 0.202. The van der Waals surface area contributed by atoms with E-state index in [4.69, 9.17) is 16.7 Å². The lowest BCUT2D eigenvalue weighted by Gasteiger charge is -2.08.